The van der Waals surface area contributed by atoms with E-state index in [0.717, 1.165) is 12.8 Å². The number of amides is 4. The molecule has 3 rings (SSSR count). The van der Waals surface area contributed by atoms with Gasteiger partial charge in [0.25, 0.3) is 5.91 Å². The van der Waals surface area contributed by atoms with Crippen LogP contribution in [0.5, 0.6) is 11.5 Å². The summed E-state index contributed by atoms with van der Waals surface area (Å²) in [5.41, 5.74) is 1.47. The Morgan fingerprint density at radius 3 is 2.26 bits per heavy atom. The molecule has 1 aliphatic carbocycles. The Balaban J connectivity index is 1.46. The molecular formula is C22H26N4O5. The molecular weight excluding hydrogens is 400 g/mol. The first-order valence-corrected chi connectivity index (χ1v) is 9.96. The van der Waals surface area contributed by atoms with Crippen molar-refractivity contribution < 1.29 is 23.9 Å². The lowest BCUT2D eigenvalue weighted by atomic mass is 10.2. The first kappa shape index (κ1) is 21.9. The van der Waals surface area contributed by atoms with E-state index < -0.39 is 6.03 Å². The zero-order valence-electron chi connectivity index (χ0n) is 17.5. The molecule has 4 N–H and O–H groups in total. The Morgan fingerprint density at radius 2 is 1.61 bits per heavy atom. The van der Waals surface area contributed by atoms with Gasteiger partial charge < -0.3 is 30.7 Å². The molecule has 0 heterocycles. The molecule has 31 heavy (non-hydrogen) atoms. The van der Waals surface area contributed by atoms with Crippen LogP contribution >= 0.6 is 0 Å². The van der Waals surface area contributed by atoms with Gasteiger partial charge in [0.15, 0.2) is 0 Å². The van der Waals surface area contributed by atoms with Crippen molar-refractivity contribution in [1.82, 2.24) is 10.6 Å². The Kier molecular flexibility index (Phi) is 7.31. The normalized spacial score (nSPS) is 12.5. The minimum atomic E-state index is -0.452. The third kappa shape index (κ3) is 6.36. The summed E-state index contributed by atoms with van der Waals surface area (Å²) in [7, 11) is 3.05. The molecule has 1 fully saturated rings. The van der Waals surface area contributed by atoms with E-state index in [0.29, 0.717) is 41.5 Å². The van der Waals surface area contributed by atoms with E-state index in [1.54, 1.807) is 49.6 Å². The average Bonchev–Trinajstić information content (AvgIpc) is 3.62. The van der Waals surface area contributed by atoms with Gasteiger partial charge >= 0.3 is 6.03 Å². The minimum absolute atomic E-state index is 0.0511. The number of anilines is 2. The summed E-state index contributed by atoms with van der Waals surface area (Å²) < 4.78 is 10.4. The largest absolute Gasteiger partial charge is 0.497 e. The van der Waals surface area contributed by atoms with Crippen LogP contribution in [0.3, 0.4) is 0 Å². The Hall–Kier alpha value is -3.75. The summed E-state index contributed by atoms with van der Waals surface area (Å²) in [6.45, 7) is 0.749. The van der Waals surface area contributed by atoms with Crippen LogP contribution in [0.2, 0.25) is 0 Å². The van der Waals surface area contributed by atoms with Crippen LogP contribution < -0.4 is 30.7 Å². The molecule has 0 atom stereocenters. The summed E-state index contributed by atoms with van der Waals surface area (Å²) in [6, 6.07) is 11.1. The lowest BCUT2D eigenvalue weighted by Gasteiger charge is -2.12. The second-order valence-electron chi connectivity index (χ2n) is 7.04. The molecule has 9 heteroatoms. The van der Waals surface area contributed by atoms with E-state index in [-0.39, 0.29) is 17.7 Å². The van der Waals surface area contributed by atoms with Crippen molar-refractivity contribution in [1.29, 1.82) is 0 Å². The quantitative estimate of drug-likeness (QED) is 0.460. The van der Waals surface area contributed by atoms with Gasteiger partial charge in [-0.2, -0.15) is 0 Å². The third-order valence-electron chi connectivity index (χ3n) is 4.72. The molecule has 0 spiro atoms. The number of methoxy groups -OCH3 is 2. The van der Waals surface area contributed by atoms with Gasteiger partial charge in [0.1, 0.15) is 11.5 Å². The maximum absolute atomic E-state index is 12.3. The number of benzene rings is 2. The summed E-state index contributed by atoms with van der Waals surface area (Å²) in [6.07, 6.45) is 1.90. The molecule has 0 bridgehead atoms. The lowest BCUT2D eigenvalue weighted by Crippen LogP contribution is -2.35. The molecule has 0 saturated heterocycles. The summed E-state index contributed by atoms with van der Waals surface area (Å²) in [5.74, 6) is 1.03. The standard InChI is InChI=1S/C22H26N4O5/c1-30-17-9-10-18(19(13-17)31-2)26-22(29)25-16-7-5-15(6-8-16)21(28)24-12-11-23-20(27)14-3-4-14/h5-10,13-14H,3-4,11-12H2,1-2H3,(H,23,27)(H,24,28)(H2,25,26,29). The first-order chi connectivity index (χ1) is 15.0. The van der Waals surface area contributed by atoms with Crippen molar-refractivity contribution in [2.75, 3.05) is 37.9 Å². The molecule has 1 aliphatic rings. The van der Waals surface area contributed by atoms with Gasteiger partial charge in [-0.25, -0.2) is 4.79 Å². The topological polar surface area (TPSA) is 118 Å². The molecule has 2 aromatic rings. The first-order valence-electron chi connectivity index (χ1n) is 9.96. The predicted molar refractivity (Wildman–Crippen MR) is 117 cm³/mol. The van der Waals surface area contributed by atoms with Crippen LogP contribution in [-0.2, 0) is 4.79 Å². The highest BCUT2D eigenvalue weighted by Crippen LogP contribution is 2.29. The number of urea groups is 1. The van der Waals surface area contributed by atoms with Crippen molar-refractivity contribution in [3.05, 3.63) is 48.0 Å². The zero-order valence-corrected chi connectivity index (χ0v) is 17.5. The monoisotopic (exact) mass is 426 g/mol. The molecule has 164 valence electrons. The van der Waals surface area contributed by atoms with Crippen LogP contribution in [0.1, 0.15) is 23.2 Å². The number of carbonyl (C=O) groups is 3. The molecule has 0 radical (unpaired) electrons. The van der Waals surface area contributed by atoms with Crippen molar-refractivity contribution in [2.45, 2.75) is 12.8 Å². The van der Waals surface area contributed by atoms with Crippen molar-refractivity contribution in [2.24, 2.45) is 5.92 Å². The van der Waals surface area contributed by atoms with E-state index in [1.165, 1.54) is 7.11 Å². The van der Waals surface area contributed by atoms with Gasteiger partial charge in [0, 0.05) is 36.3 Å². The number of hydrogen-bond donors (Lipinski definition) is 4. The average molecular weight is 426 g/mol. The fourth-order valence-corrected chi connectivity index (χ4v) is 2.85. The molecule has 1 saturated carbocycles. The van der Waals surface area contributed by atoms with E-state index >= 15 is 0 Å². The summed E-state index contributed by atoms with van der Waals surface area (Å²) >= 11 is 0. The Morgan fingerprint density at radius 1 is 0.903 bits per heavy atom. The molecule has 0 unspecified atom stereocenters. The lowest BCUT2D eigenvalue weighted by molar-refractivity contribution is -0.122. The van der Waals surface area contributed by atoms with Crippen LogP contribution in [0, 0.1) is 5.92 Å². The van der Waals surface area contributed by atoms with Crippen molar-refractivity contribution in [3.63, 3.8) is 0 Å². The molecule has 2 aromatic carbocycles. The van der Waals surface area contributed by atoms with Crippen LogP contribution in [0.4, 0.5) is 16.2 Å². The highest BCUT2D eigenvalue weighted by Gasteiger charge is 2.29. The maximum atomic E-state index is 12.3. The van der Waals surface area contributed by atoms with E-state index in [4.69, 9.17) is 9.47 Å². The van der Waals surface area contributed by atoms with Crippen LogP contribution in [0.15, 0.2) is 42.5 Å². The second kappa shape index (κ2) is 10.3. The Labute approximate surface area is 180 Å². The van der Waals surface area contributed by atoms with Gasteiger partial charge in [-0.15, -0.1) is 0 Å². The van der Waals surface area contributed by atoms with E-state index in [2.05, 4.69) is 21.3 Å². The summed E-state index contributed by atoms with van der Waals surface area (Å²) in [4.78, 5) is 36.0. The number of carbonyl (C=O) groups excluding carboxylic acids is 3. The van der Waals surface area contributed by atoms with Crippen molar-refractivity contribution >= 4 is 29.2 Å². The highest BCUT2D eigenvalue weighted by atomic mass is 16.5. The van der Waals surface area contributed by atoms with E-state index in [1.807, 2.05) is 0 Å². The fourth-order valence-electron chi connectivity index (χ4n) is 2.85. The number of nitrogens with one attached hydrogen (secondary N) is 4. The zero-order chi connectivity index (χ0) is 22.2. The van der Waals surface area contributed by atoms with Crippen molar-refractivity contribution in [3.8, 4) is 11.5 Å². The van der Waals surface area contributed by atoms with Gasteiger partial charge in [-0.05, 0) is 49.2 Å². The number of hydrogen-bond acceptors (Lipinski definition) is 5. The second-order valence-corrected chi connectivity index (χ2v) is 7.04. The van der Waals surface area contributed by atoms with Gasteiger partial charge in [-0.3, -0.25) is 9.59 Å². The molecule has 4 amide bonds. The van der Waals surface area contributed by atoms with Gasteiger partial charge in [-0.1, -0.05) is 0 Å². The van der Waals surface area contributed by atoms with E-state index in [9.17, 15) is 14.4 Å². The highest BCUT2D eigenvalue weighted by molar-refractivity contribution is 6.01. The minimum Gasteiger partial charge on any atom is -0.497 e. The maximum Gasteiger partial charge on any atom is 0.323 e. The van der Waals surface area contributed by atoms with Gasteiger partial charge in [0.05, 0.1) is 19.9 Å². The number of rotatable bonds is 9. The molecule has 0 aromatic heterocycles. The molecule has 0 aliphatic heterocycles. The van der Waals surface area contributed by atoms with Crippen LogP contribution in [-0.4, -0.2) is 45.2 Å². The predicted octanol–water partition coefficient (Wildman–Crippen LogP) is 2.60. The molecule has 9 nitrogen and oxygen atoms in total. The fraction of sp³-hybridized carbons (Fsp3) is 0.318. The summed E-state index contributed by atoms with van der Waals surface area (Å²) in [5, 5.41) is 11.0. The third-order valence-corrected chi connectivity index (χ3v) is 4.72. The van der Waals surface area contributed by atoms with Crippen LogP contribution in [0.25, 0.3) is 0 Å². The smallest absolute Gasteiger partial charge is 0.323 e. The number of ether oxygens (including phenoxy) is 2. The van der Waals surface area contributed by atoms with Gasteiger partial charge in [0.2, 0.25) is 5.91 Å². The SMILES string of the molecule is COc1ccc(NC(=O)Nc2ccc(C(=O)NCCNC(=O)C3CC3)cc2)c(OC)c1. The Bertz CT molecular complexity index is 941.